The molecule has 1 atom stereocenters. The van der Waals surface area contributed by atoms with Gasteiger partial charge in [0.1, 0.15) is 11.9 Å². The molecule has 0 saturated carbocycles. The molecular weight excluding hydrogens is 402 g/mol. The molecule has 148 valence electrons. The van der Waals surface area contributed by atoms with Gasteiger partial charge in [-0.15, -0.1) is 0 Å². The summed E-state index contributed by atoms with van der Waals surface area (Å²) in [5.74, 6) is -0.0975. The topological polar surface area (TPSA) is 78.3 Å². The van der Waals surface area contributed by atoms with E-state index in [9.17, 15) is 13.6 Å². The Bertz CT molecular complexity index is 798. The van der Waals surface area contributed by atoms with Crippen LogP contribution in [0.5, 0.6) is 0 Å². The van der Waals surface area contributed by atoms with Crippen LogP contribution in [-0.2, 0) is 8.92 Å². The van der Waals surface area contributed by atoms with E-state index in [1.54, 1.807) is 26.8 Å². The number of aromatic nitrogens is 3. The van der Waals surface area contributed by atoms with E-state index in [1.165, 1.54) is 12.1 Å². The minimum absolute atomic E-state index is 0.00492. The number of amides is 1. The molecule has 2 rings (SSSR count). The fourth-order valence-corrected chi connectivity index (χ4v) is 2.61. The Balaban J connectivity index is 2.35. The fourth-order valence-electron chi connectivity index (χ4n) is 2.26. The highest BCUT2D eigenvalue weighted by Gasteiger charge is 2.23. The number of halogens is 3. The SMILES string of the molecule is CC(C)(C)OC(=O)NC(COS)c1ccc(Cl)c(-c2ncnn2C(F)F)c1. The summed E-state index contributed by atoms with van der Waals surface area (Å²) >= 11 is 9.88. The highest BCUT2D eigenvalue weighted by molar-refractivity contribution is 7.75. The van der Waals surface area contributed by atoms with Crippen molar-refractivity contribution in [2.24, 2.45) is 0 Å². The van der Waals surface area contributed by atoms with Gasteiger partial charge in [0, 0.05) is 5.56 Å². The molecule has 0 aliphatic rings. The molecule has 1 amide bonds. The number of carbonyl (C=O) groups is 1. The number of alkyl carbamates (subject to hydrolysis) is 1. The highest BCUT2D eigenvalue weighted by Crippen LogP contribution is 2.31. The molecule has 0 aliphatic heterocycles. The number of rotatable bonds is 6. The van der Waals surface area contributed by atoms with Gasteiger partial charge >= 0.3 is 12.6 Å². The molecule has 0 spiro atoms. The van der Waals surface area contributed by atoms with Gasteiger partial charge in [0.05, 0.1) is 17.7 Å². The first-order chi connectivity index (χ1) is 12.6. The monoisotopic (exact) mass is 420 g/mol. The second-order valence-electron chi connectivity index (χ2n) is 6.54. The van der Waals surface area contributed by atoms with E-state index in [4.69, 9.17) is 20.5 Å². The number of hydrogen-bond acceptors (Lipinski definition) is 6. The molecule has 0 fully saturated rings. The summed E-state index contributed by atoms with van der Waals surface area (Å²) < 4.78 is 36.7. The Labute approximate surface area is 165 Å². The standard InChI is InChI=1S/C16H19ClF2N4O3S/c1-16(2,3)26-15(24)22-12(7-25-27)9-4-5-11(17)10(6-9)13-20-8-21-23(13)14(18)19/h4-6,8,12,14,27H,7H2,1-3H3,(H,22,24). The van der Waals surface area contributed by atoms with Gasteiger partial charge in [-0.2, -0.15) is 18.6 Å². The second-order valence-corrected chi connectivity index (χ2v) is 7.21. The number of hydrogen-bond donors (Lipinski definition) is 2. The number of carbonyl (C=O) groups excluding carboxylic acids is 1. The number of nitrogens with zero attached hydrogens (tertiary/aromatic N) is 3. The summed E-state index contributed by atoms with van der Waals surface area (Å²) in [5, 5.41) is 6.36. The zero-order chi connectivity index (χ0) is 20.2. The molecule has 1 heterocycles. The lowest BCUT2D eigenvalue weighted by Crippen LogP contribution is -2.36. The smallest absolute Gasteiger partial charge is 0.408 e. The summed E-state index contributed by atoms with van der Waals surface area (Å²) in [4.78, 5) is 15.9. The number of alkyl halides is 2. The molecule has 1 aromatic carbocycles. The number of thiol groups is 1. The predicted octanol–water partition coefficient (Wildman–Crippen LogP) is 4.42. The lowest BCUT2D eigenvalue weighted by molar-refractivity contribution is 0.0490. The van der Waals surface area contributed by atoms with Crippen molar-refractivity contribution in [3.8, 4) is 11.4 Å². The van der Waals surface area contributed by atoms with E-state index in [2.05, 4.69) is 28.3 Å². The summed E-state index contributed by atoms with van der Waals surface area (Å²) in [6.07, 6.45) is 0.350. The van der Waals surface area contributed by atoms with Crippen molar-refractivity contribution in [1.82, 2.24) is 20.1 Å². The van der Waals surface area contributed by atoms with E-state index in [1.807, 2.05) is 0 Å². The van der Waals surface area contributed by atoms with Gasteiger partial charge in [-0.1, -0.05) is 17.7 Å². The minimum atomic E-state index is -2.88. The van der Waals surface area contributed by atoms with Crippen molar-refractivity contribution in [2.75, 3.05) is 6.61 Å². The van der Waals surface area contributed by atoms with Crippen LogP contribution in [-0.4, -0.2) is 33.1 Å². The number of benzene rings is 1. The zero-order valence-corrected chi connectivity index (χ0v) is 16.5. The molecule has 0 bridgehead atoms. The van der Waals surface area contributed by atoms with Gasteiger partial charge in [0.15, 0.2) is 5.82 Å². The zero-order valence-electron chi connectivity index (χ0n) is 14.8. The van der Waals surface area contributed by atoms with Crippen LogP contribution < -0.4 is 5.32 Å². The van der Waals surface area contributed by atoms with Crippen molar-refractivity contribution in [3.05, 3.63) is 35.1 Å². The molecule has 0 radical (unpaired) electrons. The fraction of sp³-hybridized carbons (Fsp3) is 0.438. The Hall–Kier alpha value is -1.91. The third kappa shape index (κ3) is 5.78. The average Bonchev–Trinajstić information content (AvgIpc) is 3.03. The first kappa shape index (κ1) is 21.4. The van der Waals surface area contributed by atoms with Crippen LogP contribution in [0.3, 0.4) is 0 Å². The van der Waals surface area contributed by atoms with Crippen LogP contribution in [0.2, 0.25) is 5.02 Å². The van der Waals surface area contributed by atoms with E-state index in [-0.39, 0.29) is 23.0 Å². The Kier molecular flexibility index (Phi) is 7.01. The third-order valence-electron chi connectivity index (χ3n) is 3.32. The van der Waals surface area contributed by atoms with Gasteiger partial charge in [0.25, 0.3) is 0 Å². The van der Waals surface area contributed by atoms with E-state index in [0.717, 1.165) is 6.33 Å². The Morgan fingerprint density at radius 2 is 2.11 bits per heavy atom. The van der Waals surface area contributed by atoms with Crippen LogP contribution in [0.1, 0.15) is 38.9 Å². The molecule has 11 heteroatoms. The van der Waals surface area contributed by atoms with Crippen LogP contribution in [0.4, 0.5) is 13.6 Å². The van der Waals surface area contributed by atoms with E-state index in [0.29, 0.717) is 10.2 Å². The predicted molar refractivity (Wildman–Crippen MR) is 98.8 cm³/mol. The van der Waals surface area contributed by atoms with Crippen molar-refractivity contribution in [3.63, 3.8) is 0 Å². The maximum Gasteiger partial charge on any atom is 0.408 e. The summed E-state index contributed by atoms with van der Waals surface area (Å²) in [6, 6.07) is 4.01. The van der Waals surface area contributed by atoms with Crippen molar-refractivity contribution in [1.29, 1.82) is 0 Å². The maximum atomic E-state index is 13.1. The molecule has 1 aromatic heterocycles. The van der Waals surface area contributed by atoms with Gasteiger partial charge in [-0.3, -0.25) is 0 Å². The first-order valence-electron chi connectivity index (χ1n) is 7.85. The van der Waals surface area contributed by atoms with Gasteiger partial charge < -0.3 is 14.2 Å². The molecule has 1 unspecified atom stereocenters. The van der Waals surface area contributed by atoms with Crippen LogP contribution in [0.25, 0.3) is 11.4 Å². The summed E-state index contributed by atoms with van der Waals surface area (Å²) in [7, 11) is 0. The lowest BCUT2D eigenvalue weighted by Gasteiger charge is -2.23. The lowest BCUT2D eigenvalue weighted by atomic mass is 10.0. The van der Waals surface area contributed by atoms with Crippen molar-refractivity contribution < 1.29 is 22.5 Å². The molecule has 27 heavy (non-hydrogen) atoms. The van der Waals surface area contributed by atoms with Crippen LogP contribution >= 0.6 is 24.5 Å². The molecule has 0 saturated heterocycles. The van der Waals surface area contributed by atoms with Gasteiger partial charge in [0.2, 0.25) is 0 Å². The van der Waals surface area contributed by atoms with Gasteiger partial charge in [-0.05, 0) is 51.4 Å². The first-order valence-corrected chi connectivity index (χ1v) is 8.60. The summed E-state index contributed by atoms with van der Waals surface area (Å²) in [6.45, 7) is 2.32. The number of nitrogens with one attached hydrogen (secondary N) is 1. The Morgan fingerprint density at radius 3 is 2.70 bits per heavy atom. The molecule has 7 nitrogen and oxygen atoms in total. The second kappa shape index (κ2) is 8.85. The number of ether oxygens (including phenoxy) is 1. The normalized spacial score (nSPS) is 12.9. The van der Waals surface area contributed by atoms with Crippen LogP contribution in [0, 0.1) is 0 Å². The van der Waals surface area contributed by atoms with Crippen LogP contribution in [0.15, 0.2) is 24.5 Å². The summed E-state index contributed by atoms with van der Waals surface area (Å²) in [5.41, 5.74) is 0.0928. The molecular formula is C16H19ClF2N4O3S. The largest absolute Gasteiger partial charge is 0.444 e. The molecule has 1 N–H and O–H groups in total. The van der Waals surface area contributed by atoms with Crippen molar-refractivity contribution in [2.45, 2.75) is 39.0 Å². The minimum Gasteiger partial charge on any atom is -0.444 e. The Morgan fingerprint density at radius 1 is 1.41 bits per heavy atom. The highest BCUT2D eigenvalue weighted by atomic mass is 35.5. The van der Waals surface area contributed by atoms with E-state index < -0.39 is 24.3 Å². The maximum absolute atomic E-state index is 13.1. The van der Waals surface area contributed by atoms with Gasteiger partial charge in [-0.25, -0.2) is 9.78 Å². The average molecular weight is 421 g/mol. The third-order valence-corrected chi connectivity index (χ3v) is 3.80. The van der Waals surface area contributed by atoms with Crippen molar-refractivity contribution >= 4 is 30.6 Å². The molecule has 0 aliphatic carbocycles. The van der Waals surface area contributed by atoms with E-state index >= 15 is 0 Å². The quantitative estimate of drug-likeness (QED) is 0.534. The molecule has 2 aromatic rings.